The molecule has 0 radical (unpaired) electrons. The fraction of sp³-hybridized carbons (Fsp3) is 0.550. The van der Waals surface area contributed by atoms with Gasteiger partial charge in [0.2, 0.25) is 0 Å². The van der Waals surface area contributed by atoms with E-state index in [2.05, 4.69) is 19.1 Å². The van der Waals surface area contributed by atoms with Crippen LogP contribution in [0.5, 0.6) is 0 Å². The number of carbonyl (C=O) groups is 1. The molecule has 0 amide bonds. The van der Waals surface area contributed by atoms with Gasteiger partial charge in [0.15, 0.2) is 5.78 Å². The molecule has 0 fully saturated rings. The Morgan fingerprint density at radius 3 is 2.59 bits per heavy atom. The molecule has 0 unspecified atom stereocenters. The second-order valence-electron chi connectivity index (χ2n) is 6.90. The summed E-state index contributed by atoms with van der Waals surface area (Å²) in [6.45, 7) is 5.90. The van der Waals surface area contributed by atoms with Gasteiger partial charge >= 0.3 is 0 Å². The molecule has 2 nitrogen and oxygen atoms in total. The lowest BCUT2D eigenvalue weighted by molar-refractivity contribution is -0.114. The fourth-order valence-electron chi connectivity index (χ4n) is 2.43. The first-order valence-corrected chi connectivity index (χ1v) is 8.32. The third-order valence-corrected chi connectivity index (χ3v) is 3.83. The molecule has 0 spiro atoms. The highest BCUT2D eigenvalue weighted by Crippen LogP contribution is 2.18. The van der Waals surface area contributed by atoms with Gasteiger partial charge in [0, 0.05) is 6.42 Å². The number of aliphatic hydroxyl groups is 1. The number of aryl methyl sites for hydroxylation is 1. The van der Waals surface area contributed by atoms with Crippen molar-refractivity contribution in [3.05, 3.63) is 48.0 Å². The predicted octanol–water partition coefficient (Wildman–Crippen LogP) is 4.71. The van der Waals surface area contributed by atoms with Crippen LogP contribution in [-0.4, -0.2) is 16.5 Å². The van der Waals surface area contributed by atoms with Gasteiger partial charge in [0.05, 0.1) is 5.60 Å². The average Bonchev–Trinajstić information content (AvgIpc) is 2.45. The summed E-state index contributed by atoms with van der Waals surface area (Å²) in [5.41, 5.74) is 0.646. The van der Waals surface area contributed by atoms with Crippen LogP contribution in [0.2, 0.25) is 0 Å². The first-order valence-electron chi connectivity index (χ1n) is 8.32. The molecule has 2 heteroatoms. The third-order valence-electron chi connectivity index (χ3n) is 3.83. The molecule has 1 aromatic rings. The summed E-state index contributed by atoms with van der Waals surface area (Å²) in [4.78, 5) is 11.8. The van der Waals surface area contributed by atoms with Crippen LogP contribution in [0.1, 0.15) is 58.4 Å². The summed E-state index contributed by atoms with van der Waals surface area (Å²) < 4.78 is 0. The number of benzene rings is 1. The van der Waals surface area contributed by atoms with Crippen LogP contribution in [0, 0.1) is 5.92 Å². The molecule has 1 N–H and O–H groups in total. The number of carbonyl (C=O) groups excluding carboxylic acids is 1. The lowest BCUT2D eigenvalue weighted by Crippen LogP contribution is -2.18. The summed E-state index contributed by atoms with van der Waals surface area (Å²) in [7, 11) is 0. The minimum atomic E-state index is -0.567. The van der Waals surface area contributed by atoms with Crippen molar-refractivity contribution >= 4 is 5.78 Å². The maximum Gasteiger partial charge on any atom is 0.155 e. The van der Waals surface area contributed by atoms with Crippen molar-refractivity contribution in [2.75, 3.05) is 0 Å². The van der Waals surface area contributed by atoms with Crippen LogP contribution >= 0.6 is 0 Å². The Hall–Kier alpha value is -1.41. The minimum Gasteiger partial charge on any atom is -0.390 e. The molecule has 22 heavy (non-hydrogen) atoms. The Morgan fingerprint density at radius 1 is 1.27 bits per heavy atom. The summed E-state index contributed by atoms with van der Waals surface area (Å²) in [5, 5.41) is 9.67. The second-order valence-corrected chi connectivity index (χ2v) is 6.90. The number of hydrogen-bond donors (Lipinski definition) is 1. The zero-order valence-electron chi connectivity index (χ0n) is 14.2. The maximum absolute atomic E-state index is 11.8. The SMILES string of the molecule is C[C@@H](CC=CC(=O)CCc1ccccc1)CCCC(C)(C)O. The van der Waals surface area contributed by atoms with Crippen LogP contribution in [0.4, 0.5) is 0 Å². The van der Waals surface area contributed by atoms with Crippen molar-refractivity contribution in [1.82, 2.24) is 0 Å². The van der Waals surface area contributed by atoms with Gasteiger partial charge in [-0.25, -0.2) is 0 Å². The van der Waals surface area contributed by atoms with Crippen LogP contribution in [-0.2, 0) is 11.2 Å². The van der Waals surface area contributed by atoms with Gasteiger partial charge in [0.1, 0.15) is 0 Å². The lowest BCUT2D eigenvalue weighted by Gasteiger charge is -2.17. The topological polar surface area (TPSA) is 37.3 Å². The van der Waals surface area contributed by atoms with E-state index in [1.165, 1.54) is 5.56 Å². The van der Waals surface area contributed by atoms with E-state index < -0.39 is 5.60 Å². The Kier molecular flexibility index (Phi) is 8.11. The van der Waals surface area contributed by atoms with Crippen LogP contribution in [0.15, 0.2) is 42.5 Å². The molecule has 0 saturated heterocycles. The van der Waals surface area contributed by atoms with E-state index in [0.29, 0.717) is 12.3 Å². The molecule has 122 valence electrons. The van der Waals surface area contributed by atoms with Gasteiger partial charge in [-0.2, -0.15) is 0 Å². The molecule has 0 aliphatic heterocycles. The minimum absolute atomic E-state index is 0.201. The Labute approximate surface area is 135 Å². The number of rotatable bonds is 10. The highest BCUT2D eigenvalue weighted by Gasteiger charge is 2.12. The molecular formula is C20H30O2. The molecule has 0 bridgehead atoms. The predicted molar refractivity (Wildman–Crippen MR) is 92.8 cm³/mol. The molecule has 0 heterocycles. The summed E-state index contributed by atoms with van der Waals surface area (Å²) >= 11 is 0. The standard InChI is InChI=1S/C20H30O2/c1-17(10-8-16-20(2,3)22)9-7-13-19(21)15-14-18-11-5-4-6-12-18/h4-7,11-13,17,22H,8-10,14-16H2,1-3H3/t17-/m0/s1. The Balaban J connectivity index is 2.17. The summed E-state index contributed by atoms with van der Waals surface area (Å²) in [6, 6.07) is 10.1. The van der Waals surface area contributed by atoms with Crippen molar-refractivity contribution in [3.8, 4) is 0 Å². The highest BCUT2D eigenvalue weighted by atomic mass is 16.3. The maximum atomic E-state index is 11.8. The Bertz CT molecular complexity index is 454. The molecule has 1 rings (SSSR count). The van der Waals surface area contributed by atoms with Crippen molar-refractivity contribution < 1.29 is 9.90 Å². The molecule has 0 aromatic heterocycles. The number of ketones is 1. The van der Waals surface area contributed by atoms with Gasteiger partial charge in [-0.1, -0.05) is 56.2 Å². The highest BCUT2D eigenvalue weighted by molar-refractivity contribution is 5.89. The van der Waals surface area contributed by atoms with E-state index in [1.807, 2.05) is 38.1 Å². The normalized spacial score (nSPS) is 13.5. The van der Waals surface area contributed by atoms with Crippen molar-refractivity contribution in [1.29, 1.82) is 0 Å². The number of hydrogen-bond acceptors (Lipinski definition) is 2. The first kappa shape index (κ1) is 18.6. The van der Waals surface area contributed by atoms with E-state index in [-0.39, 0.29) is 5.78 Å². The number of allylic oxidation sites excluding steroid dienone is 2. The smallest absolute Gasteiger partial charge is 0.155 e. The summed E-state index contributed by atoms with van der Waals surface area (Å²) in [5.74, 6) is 0.757. The van der Waals surface area contributed by atoms with Crippen molar-refractivity contribution in [3.63, 3.8) is 0 Å². The Morgan fingerprint density at radius 2 is 1.95 bits per heavy atom. The van der Waals surface area contributed by atoms with E-state index in [1.54, 1.807) is 6.08 Å². The van der Waals surface area contributed by atoms with Gasteiger partial charge in [-0.05, 0) is 50.7 Å². The molecular weight excluding hydrogens is 272 g/mol. The van der Waals surface area contributed by atoms with E-state index >= 15 is 0 Å². The average molecular weight is 302 g/mol. The molecule has 1 atom stereocenters. The van der Waals surface area contributed by atoms with E-state index in [0.717, 1.165) is 32.1 Å². The second kappa shape index (κ2) is 9.58. The largest absolute Gasteiger partial charge is 0.390 e. The van der Waals surface area contributed by atoms with E-state index in [4.69, 9.17) is 0 Å². The fourth-order valence-corrected chi connectivity index (χ4v) is 2.43. The van der Waals surface area contributed by atoms with Crippen molar-refractivity contribution in [2.24, 2.45) is 5.92 Å². The third kappa shape index (κ3) is 9.51. The molecule has 0 aliphatic carbocycles. The summed E-state index contributed by atoms with van der Waals surface area (Å²) in [6.07, 6.45) is 9.00. The molecule has 1 aromatic carbocycles. The first-order chi connectivity index (χ1) is 10.4. The van der Waals surface area contributed by atoms with Crippen LogP contribution in [0.25, 0.3) is 0 Å². The zero-order valence-corrected chi connectivity index (χ0v) is 14.2. The van der Waals surface area contributed by atoms with Gasteiger partial charge in [-0.3, -0.25) is 4.79 Å². The van der Waals surface area contributed by atoms with Gasteiger partial charge in [-0.15, -0.1) is 0 Å². The monoisotopic (exact) mass is 302 g/mol. The lowest BCUT2D eigenvalue weighted by atomic mass is 9.95. The van der Waals surface area contributed by atoms with Gasteiger partial charge < -0.3 is 5.11 Å². The van der Waals surface area contributed by atoms with E-state index in [9.17, 15) is 9.90 Å². The zero-order chi connectivity index (χ0) is 16.4. The van der Waals surface area contributed by atoms with Crippen LogP contribution in [0.3, 0.4) is 0 Å². The molecule has 0 aliphatic rings. The van der Waals surface area contributed by atoms with Crippen molar-refractivity contribution in [2.45, 2.75) is 64.9 Å². The van der Waals surface area contributed by atoms with Gasteiger partial charge in [0.25, 0.3) is 0 Å². The quantitative estimate of drug-likeness (QED) is 0.635. The molecule has 0 saturated carbocycles. The van der Waals surface area contributed by atoms with Crippen LogP contribution < -0.4 is 0 Å².